The predicted octanol–water partition coefficient (Wildman–Crippen LogP) is 1.03. The molecule has 13 heavy (non-hydrogen) atoms. The first-order valence-corrected chi connectivity index (χ1v) is 4.29. The van der Waals surface area contributed by atoms with Crippen molar-refractivity contribution in [2.45, 2.75) is 19.3 Å². The van der Waals surface area contributed by atoms with Gasteiger partial charge in [-0.15, -0.1) is 0 Å². The maximum atomic E-state index is 11.1. The molecule has 0 spiro atoms. The topological polar surface area (TPSA) is 63.3 Å². The fourth-order valence-electron chi connectivity index (χ4n) is 1.74. The smallest absolute Gasteiger partial charge is 0.137 e. The number of fused-ring (bicyclic) bond motifs is 1. The van der Waals surface area contributed by atoms with Gasteiger partial charge in [0.2, 0.25) is 0 Å². The SMILES string of the molecule is Nc1ccc(O)c2c1CCC(=O)C2. The Morgan fingerprint density at radius 2 is 2.00 bits per heavy atom. The minimum absolute atomic E-state index is 0.174. The number of nitrogen functional groups attached to an aromatic ring is 1. The van der Waals surface area contributed by atoms with Crippen LogP contribution in [0.4, 0.5) is 5.69 Å². The van der Waals surface area contributed by atoms with Crippen LogP contribution in [0.3, 0.4) is 0 Å². The summed E-state index contributed by atoms with van der Waals surface area (Å²) in [6.07, 6.45) is 1.53. The molecule has 3 N–H and O–H groups in total. The number of aromatic hydroxyl groups is 1. The van der Waals surface area contributed by atoms with Crippen LogP contribution in [-0.2, 0) is 17.6 Å². The van der Waals surface area contributed by atoms with E-state index in [9.17, 15) is 9.90 Å². The van der Waals surface area contributed by atoms with Crippen LogP contribution >= 0.6 is 0 Å². The number of carbonyl (C=O) groups is 1. The molecule has 3 heteroatoms. The molecule has 0 fully saturated rings. The van der Waals surface area contributed by atoms with Crippen LogP contribution in [-0.4, -0.2) is 10.9 Å². The summed E-state index contributed by atoms with van der Waals surface area (Å²) in [4.78, 5) is 11.1. The molecular weight excluding hydrogens is 166 g/mol. The number of nitrogens with two attached hydrogens (primary N) is 1. The van der Waals surface area contributed by atoms with Crippen molar-refractivity contribution in [2.75, 3.05) is 5.73 Å². The summed E-state index contributed by atoms with van der Waals surface area (Å²) in [7, 11) is 0. The highest BCUT2D eigenvalue weighted by Crippen LogP contribution is 2.31. The van der Waals surface area contributed by atoms with E-state index in [2.05, 4.69) is 0 Å². The van der Waals surface area contributed by atoms with Crippen molar-refractivity contribution in [3.63, 3.8) is 0 Å². The van der Waals surface area contributed by atoms with Gasteiger partial charge in [-0.3, -0.25) is 4.79 Å². The number of anilines is 1. The van der Waals surface area contributed by atoms with Crippen molar-refractivity contribution in [3.8, 4) is 5.75 Å². The van der Waals surface area contributed by atoms with E-state index in [0.29, 0.717) is 24.9 Å². The molecule has 3 nitrogen and oxygen atoms in total. The van der Waals surface area contributed by atoms with E-state index in [1.54, 1.807) is 12.1 Å². The van der Waals surface area contributed by atoms with Gasteiger partial charge in [0.05, 0.1) is 0 Å². The van der Waals surface area contributed by atoms with Crippen molar-refractivity contribution in [2.24, 2.45) is 0 Å². The minimum atomic E-state index is 0.174. The lowest BCUT2D eigenvalue weighted by molar-refractivity contribution is -0.118. The summed E-state index contributed by atoms with van der Waals surface area (Å²) in [6.45, 7) is 0. The largest absolute Gasteiger partial charge is 0.508 e. The number of carbonyl (C=O) groups excluding carboxylic acids is 1. The first-order valence-electron chi connectivity index (χ1n) is 4.29. The van der Waals surface area contributed by atoms with Crippen LogP contribution in [0.5, 0.6) is 5.75 Å². The number of rotatable bonds is 0. The minimum Gasteiger partial charge on any atom is -0.508 e. The summed E-state index contributed by atoms with van der Waals surface area (Å²) in [5.41, 5.74) is 8.08. The lowest BCUT2D eigenvalue weighted by atomic mass is 9.89. The van der Waals surface area contributed by atoms with Crippen molar-refractivity contribution in [1.82, 2.24) is 0 Å². The maximum Gasteiger partial charge on any atom is 0.137 e. The van der Waals surface area contributed by atoms with E-state index in [4.69, 9.17) is 5.73 Å². The van der Waals surface area contributed by atoms with E-state index in [0.717, 1.165) is 11.1 Å². The molecule has 0 unspecified atom stereocenters. The molecule has 68 valence electrons. The molecule has 0 bridgehead atoms. The van der Waals surface area contributed by atoms with Gasteiger partial charge in [0.25, 0.3) is 0 Å². The normalized spacial score (nSPS) is 15.5. The molecule has 0 heterocycles. The second-order valence-corrected chi connectivity index (χ2v) is 3.35. The molecule has 1 aromatic carbocycles. The van der Waals surface area contributed by atoms with Gasteiger partial charge in [0.15, 0.2) is 0 Å². The average molecular weight is 177 g/mol. The standard InChI is InChI=1S/C10H11NO2/c11-9-3-4-10(13)8-5-6(12)1-2-7(8)9/h3-4,13H,1-2,5,11H2. The molecular formula is C10H11NO2. The highest BCUT2D eigenvalue weighted by atomic mass is 16.3. The predicted molar refractivity (Wildman–Crippen MR) is 49.6 cm³/mol. The monoisotopic (exact) mass is 177 g/mol. The molecule has 0 saturated heterocycles. The van der Waals surface area contributed by atoms with E-state index in [1.165, 1.54) is 0 Å². The average Bonchev–Trinajstić information content (AvgIpc) is 2.12. The Hall–Kier alpha value is -1.51. The van der Waals surface area contributed by atoms with Gasteiger partial charge in [0.1, 0.15) is 11.5 Å². The van der Waals surface area contributed by atoms with Gasteiger partial charge in [-0.2, -0.15) is 0 Å². The molecule has 0 aromatic heterocycles. The Labute approximate surface area is 76.2 Å². The lowest BCUT2D eigenvalue weighted by Crippen LogP contribution is -2.14. The van der Waals surface area contributed by atoms with Gasteiger partial charge in [-0.25, -0.2) is 0 Å². The van der Waals surface area contributed by atoms with E-state index >= 15 is 0 Å². The Kier molecular flexibility index (Phi) is 1.72. The number of benzene rings is 1. The van der Waals surface area contributed by atoms with Crippen LogP contribution in [0.2, 0.25) is 0 Å². The number of phenols is 1. The third kappa shape index (κ3) is 1.26. The van der Waals surface area contributed by atoms with Gasteiger partial charge < -0.3 is 10.8 Å². The summed E-state index contributed by atoms with van der Waals surface area (Å²) in [5.74, 6) is 0.366. The van der Waals surface area contributed by atoms with Gasteiger partial charge >= 0.3 is 0 Å². The van der Waals surface area contributed by atoms with Crippen LogP contribution in [0.25, 0.3) is 0 Å². The van der Waals surface area contributed by atoms with Crippen molar-refractivity contribution in [3.05, 3.63) is 23.3 Å². The fourth-order valence-corrected chi connectivity index (χ4v) is 1.74. The Balaban J connectivity index is 2.57. The van der Waals surface area contributed by atoms with Crippen LogP contribution < -0.4 is 5.73 Å². The summed E-state index contributed by atoms with van der Waals surface area (Å²) < 4.78 is 0. The second kappa shape index (κ2) is 2.76. The van der Waals surface area contributed by atoms with Gasteiger partial charge in [-0.1, -0.05) is 0 Å². The van der Waals surface area contributed by atoms with E-state index in [-0.39, 0.29) is 11.5 Å². The zero-order chi connectivity index (χ0) is 9.42. The molecule has 0 aliphatic heterocycles. The zero-order valence-corrected chi connectivity index (χ0v) is 7.21. The van der Waals surface area contributed by atoms with Crippen LogP contribution in [0, 0.1) is 0 Å². The molecule has 2 rings (SSSR count). The highest BCUT2D eigenvalue weighted by molar-refractivity contribution is 5.85. The van der Waals surface area contributed by atoms with E-state index in [1.807, 2.05) is 0 Å². The highest BCUT2D eigenvalue weighted by Gasteiger charge is 2.20. The number of hydrogen-bond donors (Lipinski definition) is 2. The Bertz CT molecular complexity index is 371. The van der Waals surface area contributed by atoms with Crippen LogP contribution in [0.15, 0.2) is 12.1 Å². The fraction of sp³-hybridized carbons (Fsp3) is 0.300. The molecule has 1 aromatic rings. The van der Waals surface area contributed by atoms with Crippen molar-refractivity contribution in [1.29, 1.82) is 0 Å². The number of phenolic OH excluding ortho intramolecular Hbond substituents is 1. The molecule has 0 radical (unpaired) electrons. The summed E-state index contributed by atoms with van der Waals surface area (Å²) in [6, 6.07) is 3.23. The Morgan fingerprint density at radius 1 is 1.23 bits per heavy atom. The van der Waals surface area contributed by atoms with Gasteiger partial charge in [-0.05, 0) is 24.1 Å². The molecule has 0 saturated carbocycles. The van der Waals surface area contributed by atoms with Crippen molar-refractivity contribution < 1.29 is 9.90 Å². The van der Waals surface area contributed by atoms with Crippen LogP contribution in [0.1, 0.15) is 17.5 Å². The molecule has 0 atom stereocenters. The maximum absolute atomic E-state index is 11.1. The molecule has 0 amide bonds. The molecule has 1 aliphatic rings. The quantitative estimate of drug-likeness (QED) is 0.459. The summed E-state index contributed by atoms with van der Waals surface area (Å²) in [5, 5.41) is 9.49. The number of Topliss-reactive ketones (excluding diaryl/α,β-unsaturated/α-hetero) is 1. The first kappa shape index (κ1) is 8.10. The molecule has 1 aliphatic carbocycles. The van der Waals surface area contributed by atoms with Gasteiger partial charge in [0, 0.05) is 24.1 Å². The van der Waals surface area contributed by atoms with Crippen molar-refractivity contribution >= 4 is 11.5 Å². The zero-order valence-electron chi connectivity index (χ0n) is 7.21. The lowest BCUT2D eigenvalue weighted by Gasteiger charge is -2.17. The third-order valence-electron chi connectivity index (χ3n) is 2.47. The second-order valence-electron chi connectivity index (χ2n) is 3.35. The number of ketones is 1. The Morgan fingerprint density at radius 3 is 2.77 bits per heavy atom. The third-order valence-corrected chi connectivity index (χ3v) is 2.47. The first-order chi connectivity index (χ1) is 6.18. The summed E-state index contributed by atoms with van der Waals surface area (Å²) >= 11 is 0. The number of hydrogen-bond acceptors (Lipinski definition) is 3. The van der Waals surface area contributed by atoms with E-state index < -0.39 is 0 Å².